The van der Waals surface area contributed by atoms with E-state index in [2.05, 4.69) is 26.4 Å². The van der Waals surface area contributed by atoms with Crippen LogP contribution in [0.5, 0.6) is 0 Å². The molecule has 2 aromatic carbocycles. The molecule has 9 heteroatoms. The van der Waals surface area contributed by atoms with Crippen molar-refractivity contribution in [3.63, 3.8) is 0 Å². The van der Waals surface area contributed by atoms with Crippen molar-refractivity contribution in [2.45, 2.75) is 32.0 Å². The van der Waals surface area contributed by atoms with Crippen LogP contribution in [0.2, 0.25) is 0 Å². The Labute approximate surface area is 179 Å². The maximum Gasteiger partial charge on any atom is 0.416 e. The van der Waals surface area contributed by atoms with Crippen LogP contribution in [0, 0.1) is 0 Å². The Bertz CT molecular complexity index is 1030. The van der Waals surface area contributed by atoms with Crippen molar-refractivity contribution in [3.8, 4) is 11.3 Å². The van der Waals surface area contributed by atoms with E-state index in [0.717, 1.165) is 16.6 Å². The molecule has 0 saturated carbocycles. The van der Waals surface area contributed by atoms with E-state index in [1.54, 1.807) is 24.3 Å². The third-order valence-corrected chi connectivity index (χ3v) is 5.11. The number of nitrogens with one attached hydrogen (secondary N) is 1. The van der Waals surface area contributed by atoms with Crippen molar-refractivity contribution in [2.24, 2.45) is 0 Å². The second kappa shape index (κ2) is 8.91. The second-order valence-corrected chi connectivity index (χ2v) is 7.55. The van der Waals surface area contributed by atoms with Crippen LogP contribution in [0.15, 0.2) is 57.5 Å². The van der Waals surface area contributed by atoms with Crippen molar-refractivity contribution < 1.29 is 27.6 Å². The Morgan fingerprint density at radius 3 is 2.53 bits per heavy atom. The van der Waals surface area contributed by atoms with Gasteiger partial charge in [-0.25, -0.2) is 4.79 Å². The van der Waals surface area contributed by atoms with E-state index in [4.69, 9.17) is 4.52 Å². The number of halogens is 4. The summed E-state index contributed by atoms with van der Waals surface area (Å²) in [6.45, 7) is 1.84. The first kappa shape index (κ1) is 21.9. The minimum Gasteiger partial charge on any atom is -0.465 e. The summed E-state index contributed by atoms with van der Waals surface area (Å²) >= 11 is 3.36. The third-order valence-electron chi connectivity index (χ3n) is 4.58. The van der Waals surface area contributed by atoms with E-state index in [0.29, 0.717) is 34.6 Å². The number of carbonyl (C=O) groups is 1. The lowest BCUT2D eigenvalue weighted by Gasteiger charge is -2.19. The summed E-state index contributed by atoms with van der Waals surface area (Å²) in [5.41, 5.74) is 1.29. The zero-order valence-electron chi connectivity index (χ0n) is 15.8. The number of aryl methyl sites for hydroxylation is 1. The van der Waals surface area contributed by atoms with Gasteiger partial charge in [0.15, 0.2) is 5.76 Å². The molecule has 0 aliphatic rings. The molecule has 0 unspecified atom stereocenters. The molecule has 0 spiro atoms. The second-order valence-electron chi connectivity index (χ2n) is 6.64. The van der Waals surface area contributed by atoms with Crippen molar-refractivity contribution >= 4 is 22.0 Å². The van der Waals surface area contributed by atoms with E-state index in [-0.39, 0.29) is 6.42 Å². The van der Waals surface area contributed by atoms with Crippen LogP contribution in [-0.2, 0) is 19.0 Å². The first-order chi connectivity index (χ1) is 14.2. The van der Waals surface area contributed by atoms with Gasteiger partial charge < -0.3 is 14.9 Å². The molecule has 1 amide bonds. The van der Waals surface area contributed by atoms with Crippen LogP contribution in [0.1, 0.15) is 35.3 Å². The maximum atomic E-state index is 13.1. The maximum absolute atomic E-state index is 13.1. The Kier molecular flexibility index (Phi) is 6.50. The fourth-order valence-electron chi connectivity index (χ4n) is 3.24. The van der Waals surface area contributed by atoms with E-state index < -0.39 is 23.9 Å². The minimum atomic E-state index is -4.49. The van der Waals surface area contributed by atoms with E-state index in [1.165, 1.54) is 12.1 Å². The standard InChI is InChI=1S/C21H18BrF3N2O3/c1-2-16-18(19(30-27-16)13-6-8-15(22)9-7-13)17(26-20(28)29)11-12-4-3-5-14(10-12)21(23,24)25/h3-10,17,26H,2,11H2,1H3,(H,28,29)/t17-/m1/s1. The molecule has 0 radical (unpaired) electrons. The predicted octanol–water partition coefficient (Wildman–Crippen LogP) is 6.24. The summed E-state index contributed by atoms with van der Waals surface area (Å²) in [6, 6.07) is 11.2. The third kappa shape index (κ3) is 5.02. The van der Waals surface area contributed by atoms with Gasteiger partial charge in [0.1, 0.15) is 0 Å². The Morgan fingerprint density at radius 1 is 1.23 bits per heavy atom. The van der Waals surface area contributed by atoms with E-state index >= 15 is 0 Å². The molecular weight excluding hydrogens is 465 g/mol. The SMILES string of the molecule is CCc1noc(-c2ccc(Br)cc2)c1[C@@H](Cc1cccc(C(F)(F)F)c1)NC(=O)O. The summed E-state index contributed by atoms with van der Waals surface area (Å²) in [5, 5.41) is 15.8. The highest BCUT2D eigenvalue weighted by Gasteiger charge is 2.31. The molecule has 1 atom stereocenters. The van der Waals surface area contributed by atoms with Gasteiger partial charge in [0.2, 0.25) is 0 Å². The number of hydrogen-bond acceptors (Lipinski definition) is 3. The number of hydrogen-bond donors (Lipinski definition) is 2. The van der Waals surface area contributed by atoms with Gasteiger partial charge in [-0.15, -0.1) is 0 Å². The average Bonchev–Trinajstić information content (AvgIpc) is 3.11. The first-order valence-corrected chi connectivity index (χ1v) is 9.88. The van der Waals surface area contributed by atoms with E-state index in [1.807, 2.05) is 6.92 Å². The van der Waals surface area contributed by atoms with Gasteiger partial charge in [0.05, 0.1) is 17.3 Å². The number of carboxylic acid groups (broad SMARTS) is 1. The summed E-state index contributed by atoms with van der Waals surface area (Å²) in [4.78, 5) is 11.5. The van der Waals surface area contributed by atoms with Crippen molar-refractivity contribution in [2.75, 3.05) is 0 Å². The zero-order chi connectivity index (χ0) is 21.9. The molecule has 5 nitrogen and oxygen atoms in total. The van der Waals surface area contributed by atoms with Crippen LogP contribution in [0.25, 0.3) is 11.3 Å². The Morgan fingerprint density at radius 2 is 1.93 bits per heavy atom. The number of nitrogens with zero attached hydrogens (tertiary/aromatic N) is 1. The molecule has 2 N–H and O–H groups in total. The summed E-state index contributed by atoms with van der Waals surface area (Å²) in [6.07, 6.45) is -5.30. The van der Waals surface area contributed by atoms with Gasteiger partial charge >= 0.3 is 12.3 Å². The van der Waals surface area contributed by atoms with Gasteiger partial charge in [-0.2, -0.15) is 13.2 Å². The normalized spacial score (nSPS) is 12.6. The number of rotatable bonds is 6. The molecule has 0 aliphatic heterocycles. The lowest BCUT2D eigenvalue weighted by Crippen LogP contribution is -2.29. The molecule has 0 saturated heterocycles. The molecule has 0 fully saturated rings. The van der Waals surface area contributed by atoms with Crippen LogP contribution < -0.4 is 5.32 Å². The largest absolute Gasteiger partial charge is 0.465 e. The van der Waals surface area contributed by atoms with Crippen LogP contribution in [0.4, 0.5) is 18.0 Å². The molecule has 3 aromatic rings. The van der Waals surface area contributed by atoms with Crippen LogP contribution in [-0.4, -0.2) is 16.4 Å². The summed E-state index contributed by atoms with van der Waals surface area (Å²) in [5.74, 6) is 0.380. The lowest BCUT2D eigenvalue weighted by atomic mass is 9.93. The molecule has 1 heterocycles. The Balaban J connectivity index is 2.05. The fraction of sp³-hybridized carbons (Fsp3) is 0.238. The number of benzene rings is 2. The van der Waals surface area contributed by atoms with Crippen molar-refractivity contribution in [1.29, 1.82) is 0 Å². The Hall–Kier alpha value is -2.81. The van der Waals surface area contributed by atoms with Crippen LogP contribution in [0.3, 0.4) is 0 Å². The molecule has 1 aromatic heterocycles. The molecule has 3 rings (SSSR count). The van der Waals surface area contributed by atoms with Gasteiger partial charge in [-0.05, 0) is 36.6 Å². The van der Waals surface area contributed by atoms with Crippen molar-refractivity contribution in [3.05, 3.63) is 75.4 Å². The summed E-state index contributed by atoms with van der Waals surface area (Å²) < 4.78 is 45.6. The number of aromatic nitrogens is 1. The monoisotopic (exact) mass is 482 g/mol. The topological polar surface area (TPSA) is 75.4 Å². The lowest BCUT2D eigenvalue weighted by molar-refractivity contribution is -0.137. The fourth-order valence-corrected chi connectivity index (χ4v) is 3.50. The molecular formula is C21H18BrF3N2O3. The highest BCUT2D eigenvalue weighted by molar-refractivity contribution is 9.10. The molecule has 30 heavy (non-hydrogen) atoms. The van der Waals surface area contributed by atoms with Crippen LogP contribution >= 0.6 is 15.9 Å². The highest BCUT2D eigenvalue weighted by Crippen LogP contribution is 2.35. The van der Waals surface area contributed by atoms with Gasteiger partial charge in [-0.3, -0.25) is 0 Å². The zero-order valence-corrected chi connectivity index (χ0v) is 17.4. The quantitative estimate of drug-likeness (QED) is 0.436. The predicted molar refractivity (Wildman–Crippen MR) is 108 cm³/mol. The van der Waals surface area contributed by atoms with Crippen molar-refractivity contribution in [1.82, 2.24) is 10.5 Å². The van der Waals surface area contributed by atoms with Gasteiger partial charge in [-0.1, -0.05) is 58.3 Å². The number of alkyl halides is 3. The molecule has 0 bridgehead atoms. The molecule has 0 aliphatic carbocycles. The number of amides is 1. The average molecular weight is 483 g/mol. The summed E-state index contributed by atoms with van der Waals surface area (Å²) in [7, 11) is 0. The minimum absolute atomic E-state index is 0.00790. The first-order valence-electron chi connectivity index (χ1n) is 9.09. The van der Waals surface area contributed by atoms with Gasteiger partial charge in [0.25, 0.3) is 0 Å². The molecule has 158 valence electrons. The van der Waals surface area contributed by atoms with Gasteiger partial charge in [0, 0.05) is 15.6 Å². The smallest absolute Gasteiger partial charge is 0.416 e. The van der Waals surface area contributed by atoms with E-state index in [9.17, 15) is 23.1 Å². The highest BCUT2D eigenvalue weighted by atomic mass is 79.9.